The lowest BCUT2D eigenvalue weighted by Gasteiger charge is -2.25. The van der Waals surface area contributed by atoms with E-state index in [0.29, 0.717) is 5.41 Å². The van der Waals surface area contributed by atoms with E-state index in [4.69, 9.17) is 0 Å². The van der Waals surface area contributed by atoms with Crippen molar-refractivity contribution in [3.63, 3.8) is 0 Å². The van der Waals surface area contributed by atoms with E-state index in [-0.39, 0.29) is 0 Å². The molecule has 1 aliphatic heterocycles. The lowest BCUT2D eigenvalue weighted by Crippen LogP contribution is -2.37. The number of hydrogen-bond acceptors (Lipinski definition) is 1. The summed E-state index contributed by atoms with van der Waals surface area (Å²) in [6, 6.07) is 0. The van der Waals surface area contributed by atoms with Gasteiger partial charge in [0.2, 0.25) is 0 Å². The third-order valence-electron chi connectivity index (χ3n) is 2.08. The summed E-state index contributed by atoms with van der Waals surface area (Å²) in [7, 11) is 2.12. The monoisotopic (exact) mass is 166 g/mol. The fourth-order valence-corrected chi connectivity index (χ4v) is 1.07. The smallest absolute Gasteiger partial charge is 0.243 e. The second-order valence-electron chi connectivity index (χ2n) is 4.83. The quantitative estimate of drug-likeness (QED) is 0.558. The van der Waals surface area contributed by atoms with E-state index in [1.54, 1.807) is 0 Å². The summed E-state index contributed by atoms with van der Waals surface area (Å²) < 4.78 is 0.733. The van der Waals surface area contributed by atoms with Crippen molar-refractivity contribution in [1.29, 1.82) is 0 Å². The first-order valence-corrected chi connectivity index (χ1v) is 4.41. The highest BCUT2D eigenvalue weighted by Gasteiger charge is 2.24. The molecule has 1 heterocycles. The van der Waals surface area contributed by atoms with Crippen LogP contribution in [0, 0.1) is 5.41 Å². The highest BCUT2D eigenvalue weighted by atomic mass is 15.3. The van der Waals surface area contributed by atoms with E-state index >= 15 is 0 Å². The van der Waals surface area contributed by atoms with Crippen molar-refractivity contribution in [3.8, 4) is 0 Å². The van der Waals surface area contributed by atoms with Crippen molar-refractivity contribution in [2.75, 3.05) is 13.6 Å². The number of rotatable bonds is 2. The van der Waals surface area contributed by atoms with E-state index in [9.17, 15) is 0 Å². The van der Waals surface area contributed by atoms with E-state index < -0.39 is 0 Å². The van der Waals surface area contributed by atoms with Gasteiger partial charge in [0.15, 0.2) is 0 Å². The first kappa shape index (κ1) is 9.46. The predicted octanol–water partition coefficient (Wildman–Crippen LogP) is 2.26. The normalized spacial score (nSPS) is 28.3. The van der Waals surface area contributed by atoms with E-state index in [1.807, 2.05) is 6.20 Å². The Hall–Kier alpha value is -0.630. The molecule has 1 aliphatic rings. The molecule has 0 aliphatic carbocycles. The summed E-state index contributed by atoms with van der Waals surface area (Å²) in [4.78, 5) is 3.98. The second kappa shape index (κ2) is 3.02. The average molecular weight is 166 g/mol. The molecule has 12 heavy (non-hydrogen) atoms. The molecule has 0 fully saturated rings. The highest BCUT2D eigenvalue weighted by Crippen LogP contribution is 2.21. The van der Waals surface area contributed by atoms with Gasteiger partial charge in [-0.05, 0) is 5.41 Å². The molecule has 0 N–H and O–H groups in total. The van der Waals surface area contributed by atoms with Crippen LogP contribution in [0.15, 0.2) is 17.4 Å². The fraction of sp³-hybridized carbons (Fsp3) is 0.700. The molecule has 67 valence electrons. The van der Waals surface area contributed by atoms with Crippen molar-refractivity contribution in [1.82, 2.24) is 0 Å². The van der Waals surface area contributed by atoms with E-state index in [1.165, 1.54) is 6.42 Å². The van der Waals surface area contributed by atoms with Crippen LogP contribution in [0.1, 0.15) is 27.2 Å². The molecule has 1 radical (unpaired) electrons. The first-order valence-electron chi connectivity index (χ1n) is 4.41. The Kier molecular flexibility index (Phi) is 2.38. The van der Waals surface area contributed by atoms with Crippen molar-refractivity contribution < 1.29 is 4.48 Å². The van der Waals surface area contributed by atoms with Crippen LogP contribution in [-0.4, -0.2) is 24.4 Å². The number of hydrogen-bond donors (Lipinski definition) is 0. The van der Waals surface area contributed by atoms with Gasteiger partial charge in [-0.25, -0.2) is 4.48 Å². The van der Waals surface area contributed by atoms with Gasteiger partial charge in [-0.1, -0.05) is 20.8 Å². The maximum absolute atomic E-state index is 3.98. The molecule has 0 aromatic heterocycles. The Labute approximate surface area is 75.2 Å². The van der Waals surface area contributed by atoms with Gasteiger partial charge in [-0.2, -0.15) is 4.99 Å². The Morgan fingerprint density at radius 3 is 2.50 bits per heavy atom. The first-order chi connectivity index (χ1) is 5.41. The molecule has 1 unspecified atom stereocenters. The molecule has 1 rings (SSSR count). The van der Waals surface area contributed by atoms with Crippen LogP contribution in [0.4, 0.5) is 0 Å². The van der Waals surface area contributed by atoms with Gasteiger partial charge < -0.3 is 0 Å². The zero-order chi connectivity index (χ0) is 9.24. The molecule has 0 aromatic carbocycles. The number of quaternary nitrogens is 1. The Bertz CT molecular complexity index is 196. The van der Waals surface area contributed by atoms with Gasteiger partial charge in [0.05, 0.1) is 19.8 Å². The Morgan fingerprint density at radius 2 is 2.08 bits per heavy atom. The van der Waals surface area contributed by atoms with Crippen LogP contribution in [0.2, 0.25) is 0 Å². The van der Waals surface area contributed by atoms with Crippen LogP contribution in [-0.2, 0) is 0 Å². The summed E-state index contributed by atoms with van der Waals surface area (Å²) >= 11 is 0. The largest absolute Gasteiger partial charge is 0.316 e. The minimum absolute atomic E-state index is 0.402. The zero-order valence-electron chi connectivity index (χ0n) is 8.46. The van der Waals surface area contributed by atoms with Crippen LogP contribution in [0.25, 0.3) is 0 Å². The summed E-state index contributed by atoms with van der Waals surface area (Å²) in [6.07, 6.45) is 8.14. The third-order valence-corrected chi connectivity index (χ3v) is 2.08. The summed E-state index contributed by atoms with van der Waals surface area (Å²) in [6.45, 7) is 7.87. The average Bonchev–Trinajstić information content (AvgIpc) is 2.32. The highest BCUT2D eigenvalue weighted by molar-refractivity contribution is 5.50. The van der Waals surface area contributed by atoms with Crippen molar-refractivity contribution in [2.24, 2.45) is 10.4 Å². The SMILES string of the molecule is CC(C)(C)CC[N+]1(C)[C]=NC=C1. The van der Waals surface area contributed by atoms with Crippen molar-refractivity contribution in [2.45, 2.75) is 27.2 Å². The molecular formula is C10H18N2+. The van der Waals surface area contributed by atoms with E-state index in [0.717, 1.165) is 11.0 Å². The molecule has 2 nitrogen and oxygen atoms in total. The third kappa shape index (κ3) is 2.78. The molecule has 2 heteroatoms. The molecule has 0 amide bonds. The van der Waals surface area contributed by atoms with Crippen LogP contribution in [0.5, 0.6) is 0 Å². The Morgan fingerprint density at radius 1 is 1.42 bits per heavy atom. The zero-order valence-corrected chi connectivity index (χ0v) is 8.46. The topological polar surface area (TPSA) is 12.4 Å². The summed E-state index contributed by atoms with van der Waals surface area (Å²) in [5.74, 6) is 0. The van der Waals surface area contributed by atoms with Crippen LogP contribution >= 0.6 is 0 Å². The van der Waals surface area contributed by atoms with Crippen LogP contribution < -0.4 is 0 Å². The summed E-state index contributed by atoms with van der Waals surface area (Å²) in [5, 5.41) is 0. The van der Waals surface area contributed by atoms with Gasteiger partial charge in [-0.3, -0.25) is 0 Å². The number of aliphatic imine (C=N–C) groups is 1. The summed E-state index contributed by atoms with van der Waals surface area (Å²) in [5.41, 5.74) is 0.402. The molecule has 0 aromatic rings. The maximum Gasteiger partial charge on any atom is 0.316 e. The lowest BCUT2D eigenvalue weighted by atomic mass is 9.92. The molecule has 0 spiro atoms. The minimum Gasteiger partial charge on any atom is -0.243 e. The van der Waals surface area contributed by atoms with Gasteiger partial charge >= 0.3 is 6.34 Å². The fourth-order valence-electron chi connectivity index (χ4n) is 1.07. The molecule has 0 saturated heterocycles. The molecule has 0 bridgehead atoms. The van der Waals surface area contributed by atoms with Gasteiger partial charge in [0.1, 0.15) is 6.20 Å². The van der Waals surface area contributed by atoms with E-state index in [2.05, 4.69) is 45.3 Å². The van der Waals surface area contributed by atoms with Crippen LogP contribution in [0.3, 0.4) is 0 Å². The van der Waals surface area contributed by atoms with Crippen molar-refractivity contribution >= 4 is 6.34 Å². The van der Waals surface area contributed by atoms with Crippen molar-refractivity contribution in [3.05, 3.63) is 12.4 Å². The molecule has 1 atom stereocenters. The Balaban J connectivity index is 2.42. The lowest BCUT2D eigenvalue weighted by molar-refractivity contribution is -0.757. The predicted molar refractivity (Wildman–Crippen MR) is 51.7 cm³/mol. The number of nitrogens with zero attached hydrogens (tertiary/aromatic N) is 2. The minimum atomic E-state index is 0.402. The molecule has 0 saturated carbocycles. The van der Waals surface area contributed by atoms with Gasteiger partial charge in [0.25, 0.3) is 0 Å². The molecular weight excluding hydrogens is 148 g/mol. The van der Waals surface area contributed by atoms with Gasteiger partial charge in [-0.15, -0.1) is 0 Å². The standard InChI is InChI=1S/C10H18N2/c1-10(2,3)5-7-12(4)8-6-11-9-12/h6,8H,5,7H2,1-4H3/q+1. The second-order valence-corrected chi connectivity index (χ2v) is 4.83. The van der Waals surface area contributed by atoms with Gasteiger partial charge in [0, 0.05) is 6.42 Å². The maximum atomic E-state index is 3.98.